The van der Waals surface area contributed by atoms with Crippen molar-refractivity contribution in [2.75, 3.05) is 0 Å². The van der Waals surface area contributed by atoms with Crippen LogP contribution >= 0.6 is 0 Å². The van der Waals surface area contributed by atoms with Gasteiger partial charge in [-0.15, -0.1) is 0 Å². The van der Waals surface area contributed by atoms with Crippen LogP contribution in [0.25, 0.3) is 11.0 Å². The highest BCUT2D eigenvalue weighted by atomic mass is 16.3. The van der Waals surface area contributed by atoms with Crippen LogP contribution in [-0.4, -0.2) is 13.6 Å². The average molecular weight is 184 g/mol. The predicted octanol–water partition coefficient (Wildman–Crippen LogP) is 2.59. The summed E-state index contributed by atoms with van der Waals surface area (Å²) in [7, 11) is 5.48. The number of hydrogen-bond donors (Lipinski definition) is 0. The summed E-state index contributed by atoms with van der Waals surface area (Å²) in [6.45, 7) is 1.65. The minimum absolute atomic E-state index is 0.166. The van der Waals surface area contributed by atoms with Gasteiger partial charge in [-0.25, -0.2) is 0 Å². The molecule has 14 heavy (non-hydrogen) atoms. The second-order valence-corrected chi connectivity index (χ2v) is 3.30. The Balaban J connectivity index is 2.50. The van der Waals surface area contributed by atoms with E-state index in [1.165, 1.54) is 0 Å². The maximum Gasteiger partial charge on any atom is 0.192 e. The highest BCUT2D eigenvalue weighted by molar-refractivity contribution is 6.27. The Bertz CT molecular complexity index is 438. The first kappa shape index (κ1) is 9.07. The SMILES string of the molecule is [B]C(C)C(=O)c1cc2ccccc2o1. The summed E-state index contributed by atoms with van der Waals surface area (Å²) >= 11 is 0. The van der Waals surface area contributed by atoms with E-state index in [1.807, 2.05) is 24.3 Å². The zero-order valence-electron chi connectivity index (χ0n) is 7.86. The Hall–Kier alpha value is -1.51. The van der Waals surface area contributed by atoms with Gasteiger partial charge in [0.1, 0.15) is 5.58 Å². The van der Waals surface area contributed by atoms with E-state index in [9.17, 15) is 4.79 Å². The molecule has 1 unspecified atom stereocenters. The van der Waals surface area contributed by atoms with Crippen molar-refractivity contribution in [3.05, 3.63) is 36.1 Å². The van der Waals surface area contributed by atoms with Gasteiger partial charge in [0.15, 0.2) is 11.5 Å². The monoisotopic (exact) mass is 184 g/mol. The van der Waals surface area contributed by atoms with Crippen LogP contribution in [0, 0.1) is 0 Å². The Morgan fingerprint density at radius 1 is 1.43 bits per heavy atom. The van der Waals surface area contributed by atoms with Crippen molar-refractivity contribution in [1.82, 2.24) is 0 Å². The molecule has 68 valence electrons. The van der Waals surface area contributed by atoms with E-state index in [-0.39, 0.29) is 5.78 Å². The molecule has 2 nitrogen and oxygen atoms in total. The summed E-state index contributed by atoms with van der Waals surface area (Å²) in [6.07, 6.45) is 0. The molecule has 0 bridgehead atoms. The van der Waals surface area contributed by atoms with Crippen molar-refractivity contribution in [2.45, 2.75) is 12.7 Å². The van der Waals surface area contributed by atoms with Crippen LogP contribution in [0.2, 0.25) is 5.82 Å². The number of rotatable bonds is 2. The van der Waals surface area contributed by atoms with Gasteiger partial charge in [-0.2, -0.15) is 0 Å². The highest BCUT2D eigenvalue weighted by Gasteiger charge is 2.14. The van der Waals surface area contributed by atoms with Crippen molar-refractivity contribution in [1.29, 1.82) is 0 Å². The number of benzene rings is 1. The summed E-state index contributed by atoms with van der Waals surface area (Å²) in [5.74, 6) is -0.349. The Morgan fingerprint density at radius 3 is 2.79 bits per heavy atom. The predicted molar refractivity (Wildman–Crippen MR) is 55.7 cm³/mol. The fraction of sp³-hybridized carbons (Fsp3) is 0.182. The lowest BCUT2D eigenvalue weighted by Crippen LogP contribution is -2.03. The third-order valence-corrected chi connectivity index (χ3v) is 2.08. The molecule has 2 radical (unpaired) electrons. The van der Waals surface area contributed by atoms with Crippen LogP contribution in [0.5, 0.6) is 0 Å². The molecule has 2 rings (SSSR count). The Kier molecular flexibility index (Phi) is 2.16. The van der Waals surface area contributed by atoms with E-state index < -0.39 is 5.82 Å². The molecule has 0 aliphatic rings. The molecule has 0 aliphatic carbocycles. The van der Waals surface area contributed by atoms with E-state index in [1.54, 1.807) is 13.0 Å². The summed E-state index contributed by atoms with van der Waals surface area (Å²) < 4.78 is 5.36. The zero-order valence-corrected chi connectivity index (χ0v) is 7.86. The summed E-state index contributed by atoms with van der Waals surface area (Å²) in [6, 6.07) is 9.22. The molecule has 1 atom stereocenters. The lowest BCUT2D eigenvalue weighted by Gasteiger charge is -1.98. The molecule has 0 amide bonds. The largest absolute Gasteiger partial charge is 0.453 e. The van der Waals surface area contributed by atoms with Crippen molar-refractivity contribution in [3.63, 3.8) is 0 Å². The van der Waals surface area contributed by atoms with E-state index in [0.29, 0.717) is 5.76 Å². The molecule has 3 heteroatoms. The number of hydrogen-bond acceptors (Lipinski definition) is 2. The van der Waals surface area contributed by atoms with Crippen LogP contribution in [-0.2, 0) is 0 Å². The molecule has 0 saturated carbocycles. The molecule has 2 aromatic rings. The topological polar surface area (TPSA) is 30.2 Å². The Morgan fingerprint density at radius 2 is 2.14 bits per heavy atom. The van der Waals surface area contributed by atoms with Gasteiger partial charge >= 0.3 is 0 Å². The highest BCUT2D eigenvalue weighted by Crippen LogP contribution is 2.21. The maximum absolute atomic E-state index is 11.5. The average Bonchev–Trinajstić information content (AvgIpc) is 2.59. The third-order valence-electron chi connectivity index (χ3n) is 2.08. The first-order valence-corrected chi connectivity index (χ1v) is 4.47. The van der Waals surface area contributed by atoms with Crippen LogP contribution in [0.4, 0.5) is 0 Å². The molecule has 0 aliphatic heterocycles. The maximum atomic E-state index is 11.5. The fourth-order valence-electron chi connectivity index (χ4n) is 1.33. The van der Waals surface area contributed by atoms with Gasteiger partial charge in [-0.05, 0) is 17.9 Å². The van der Waals surface area contributed by atoms with Gasteiger partial charge in [0.25, 0.3) is 0 Å². The van der Waals surface area contributed by atoms with Gasteiger partial charge in [-0.1, -0.05) is 25.1 Å². The number of carbonyl (C=O) groups excluding carboxylic acids is 1. The summed E-state index contributed by atoms with van der Waals surface area (Å²) in [5, 5.41) is 0.927. The van der Waals surface area contributed by atoms with Gasteiger partial charge < -0.3 is 4.42 Å². The molecule has 0 fully saturated rings. The number of para-hydroxylation sites is 1. The van der Waals surface area contributed by atoms with Crippen molar-refractivity contribution >= 4 is 24.6 Å². The van der Waals surface area contributed by atoms with Crippen LogP contribution in [0.1, 0.15) is 17.5 Å². The van der Waals surface area contributed by atoms with Crippen LogP contribution in [0.3, 0.4) is 0 Å². The number of carbonyl (C=O) groups is 1. The zero-order chi connectivity index (χ0) is 10.1. The van der Waals surface area contributed by atoms with Gasteiger partial charge in [0, 0.05) is 5.39 Å². The fourth-order valence-corrected chi connectivity index (χ4v) is 1.33. The lowest BCUT2D eigenvalue weighted by atomic mass is 9.85. The molecule has 0 spiro atoms. The van der Waals surface area contributed by atoms with Crippen molar-refractivity contribution < 1.29 is 9.21 Å². The summed E-state index contributed by atoms with van der Waals surface area (Å²) in [5.41, 5.74) is 0.719. The quantitative estimate of drug-likeness (QED) is 0.530. The normalized spacial score (nSPS) is 12.9. The first-order valence-electron chi connectivity index (χ1n) is 4.47. The van der Waals surface area contributed by atoms with Gasteiger partial charge in [0.05, 0.1) is 7.85 Å². The van der Waals surface area contributed by atoms with Crippen LogP contribution < -0.4 is 0 Å². The minimum Gasteiger partial charge on any atom is -0.453 e. The smallest absolute Gasteiger partial charge is 0.192 e. The molecule has 0 saturated heterocycles. The van der Waals surface area contributed by atoms with Gasteiger partial charge in [-0.3, -0.25) is 4.79 Å². The van der Waals surface area contributed by atoms with Crippen molar-refractivity contribution in [3.8, 4) is 0 Å². The first-order chi connectivity index (χ1) is 6.68. The van der Waals surface area contributed by atoms with Crippen molar-refractivity contribution in [2.24, 2.45) is 0 Å². The third kappa shape index (κ3) is 1.46. The molecule has 1 heterocycles. The standard InChI is InChI=1S/C11H9BO2/c1-7(12)11(13)10-6-8-4-2-3-5-9(8)14-10/h2-7H,1H3. The van der Waals surface area contributed by atoms with E-state index in [4.69, 9.17) is 12.3 Å². The molecule has 1 aromatic carbocycles. The van der Waals surface area contributed by atoms with Gasteiger partial charge in [0.2, 0.25) is 0 Å². The molecule has 0 N–H and O–H groups in total. The molecular weight excluding hydrogens is 175 g/mol. The minimum atomic E-state index is -0.518. The van der Waals surface area contributed by atoms with E-state index in [0.717, 1.165) is 11.0 Å². The van der Waals surface area contributed by atoms with E-state index in [2.05, 4.69) is 0 Å². The number of ketones is 1. The number of furan rings is 1. The van der Waals surface area contributed by atoms with Crippen LogP contribution in [0.15, 0.2) is 34.7 Å². The lowest BCUT2D eigenvalue weighted by molar-refractivity contribution is 0.0964. The second-order valence-electron chi connectivity index (χ2n) is 3.30. The molecule has 1 aromatic heterocycles. The second kappa shape index (κ2) is 3.33. The summed E-state index contributed by atoms with van der Waals surface area (Å²) in [4.78, 5) is 11.5. The van der Waals surface area contributed by atoms with E-state index >= 15 is 0 Å². The number of Topliss-reactive ketones (excluding diaryl/α,β-unsaturated/α-hetero) is 1. The number of fused-ring (bicyclic) bond motifs is 1. The Labute approximate surface area is 83.3 Å². The molecular formula is C11H9BO2.